The number of rotatable bonds is 4. The Morgan fingerprint density at radius 1 is 1.00 bits per heavy atom. The molecule has 0 spiro atoms. The summed E-state index contributed by atoms with van der Waals surface area (Å²) in [6.07, 6.45) is 2.85. The van der Waals surface area contributed by atoms with E-state index >= 15 is 0 Å². The fourth-order valence-corrected chi connectivity index (χ4v) is 3.38. The van der Waals surface area contributed by atoms with Crippen molar-refractivity contribution in [3.63, 3.8) is 0 Å². The molecule has 0 aromatic carbocycles. The Morgan fingerprint density at radius 3 is 2.04 bits per heavy atom. The Kier molecular flexibility index (Phi) is 9.59. The smallest absolute Gasteiger partial charge is 0.128 e. The lowest BCUT2D eigenvalue weighted by Gasteiger charge is -2.34. The van der Waals surface area contributed by atoms with Crippen LogP contribution in [0.2, 0.25) is 0 Å². The zero-order valence-corrected chi connectivity index (χ0v) is 16.1. The number of nitrogens with one attached hydrogen (secondary N) is 2. The minimum atomic E-state index is -0.703. The monoisotopic (exact) mass is 330 g/mol. The highest BCUT2D eigenvalue weighted by Gasteiger charge is 2.27. The molecule has 2 unspecified atom stereocenters. The summed E-state index contributed by atoms with van der Waals surface area (Å²) < 4.78 is 13.4. The highest BCUT2D eigenvalue weighted by atomic mass is 19.1. The molecule has 2 fully saturated rings. The van der Waals surface area contributed by atoms with Crippen LogP contribution in [0, 0.1) is 0 Å². The van der Waals surface area contributed by atoms with E-state index < -0.39 is 6.17 Å². The number of hydrogen-bond acceptors (Lipinski definition) is 4. The van der Waals surface area contributed by atoms with Gasteiger partial charge in [-0.15, -0.1) is 0 Å². The van der Waals surface area contributed by atoms with E-state index in [9.17, 15) is 4.39 Å². The summed E-state index contributed by atoms with van der Waals surface area (Å²) in [6.45, 7) is 12.8. The number of nitrogens with zero attached hydrogens (tertiary/aromatic N) is 2. The van der Waals surface area contributed by atoms with Gasteiger partial charge in [0.1, 0.15) is 6.17 Å². The maximum Gasteiger partial charge on any atom is 0.128 e. The predicted molar refractivity (Wildman–Crippen MR) is 97.9 cm³/mol. The summed E-state index contributed by atoms with van der Waals surface area (Å²) in [6, 6.07) is 1.95. The first kappa shape index (κ1) is 20.8. The predicted octanol–water partition coefficient (Wildman–Crippen LogP) is 2.11. The molecule has 2 saturated heterocycles. The van der Waals surface area contributed by atoms with Crippen LogP contribution in [0.1, 0.15) is 47.0 Å². The molecule has 0 amide bonds. The lowest BCUT2D eigenvalue weighted by molar-refractivity contribution is 0.118. The summed E-state index contributed by atoms with van der Waals surface area (Å²) in [7, 11) is 4.04. The van der Waals surface area contributed by atoms with Crippen molar-refractivity contribution in [3.05, 3.63) is 0 Å². The molecule has 0 aromatic heterocycles. The molecule has 0 aromatic rings. The van der Waals surface area contributed by atoms with Crippen LogP contribution in [0.5, 0.6) is 0 Å². The molecule has 2 heterocycles. The van der Waals surface area contributed by atoms with E-state index in [0.717, 1.165) is 25.0 Å². The van der Waals surface area contributed by atoms with Crippen molar-refractivity contribution in [2.45, 2.75) is 77.3 Å². The molecule has 4 nitrogen and oxygen atoms in total. The SMILES string of the molecule is CC(C)NC1CCN(C)CC1F.CNC1CCN(C(C)C)CC1. The molecule has 5 heteroatoms. The Hall–Kier alpha value is -0.230. The minimum absolute atomic E-state index is 0.0706. The summed E-state index contributed by atoms with van der Waals surface area (Å²) >= 11 is 0. The van der Waals surface area contributed by atoms with Crippen molar-refractivity contribution in [1.82, 2.24) is 20.4 Å². The average molecular weight is 331 g/mol. The van der Waals surface area contributed by atoms with Crippen LogP contribution < -0.4 is 10.6 Å². The van der Waals surface area contributed by atoms with Gasteiger partial charge in [-0.3, -0.25) is 0 Å². The lowest BCUT2D eigenvalue weighted by Crippen LogP contribution is -2.51. The standard InChI is InChI=1S/C9H19FN2.C9H20N2/c1-7(2)11-9-4-5-12(3)6-8(9)10;1-8(2)11-6-4-9(10-3)5-7-11/h7-9,11H,4-6H2,1-3H3;8-10H,4-7H2,1-3H3. The average Bonchev–Trinajstić information content (AvgIpc) is 2.50. The highest BCUT2D eigenvalue weighted by Crippen LogP contribution is 2.13. The lowest BCUT2D eigenvalue weighted by atomic mass is 10.0. The fourth-order valence-electron chi connectivity index (χ4n) is 3.38. The summed E-state index contributed by atoms with van der Waals surface area (Å²) in [4.78, 5) is 4.59. The van der Waals surface area contributed by atoms with Crippen molar-refractivity contribution < 1.29 is 4.39 Å². The van der Waals surface area contributed by atoms with Gasteiger partial charge >= 0.3 is 0 Å². The second kappa shape index (κ2) is 10.6. The molecule has 2 atom stereocenters. The number of hydrogen-bond donors (Lipinski definition) is 2. The third-order valence-corrected chi connectivity index (χ3v) is 4.96. The number of halogens is 1. The Bertz CT molecular complexity index is 303. The van der Waals surface area contributed by atoms with Crippen molar-refractivity contribution in [2.75, 3.05) is 40.3 Å². The summed E-state index contributed by atoms with van der Waals surface area (Å²) in [5.74, 6) is 0. The molecular weight excluding hydrogens is 291 g/mol. The van der Waals surface area contributed by atoms with Crippen molar-refractivity contribution >= 4 is 0 Å². The second-order valence-electron chi connectivity index (χ2n) is 7.69. The maximum absolute atomic E-state index is 13.4. The fraction of sp³-hybridized carbons (Fsp3) is 1.00. The second-order valence-corrected chi connectivity index (χ2v) is 7.69. The third-order valence-electron chi connectivity index (χ3n) is 4.96. The van der Waals surface area contributed by atoms with Crippen LogP contribution in [0.4, 0.5) is 4.39 Å². The summed E-state index contributed by atoms with van der Waals surface area (Å²) in [5, 5.41) is 6.59. The van der Waals surface area contributed by atoms with Gasteiger partial charge in [0.15, 0.2) is 0 Å². The van der Waals surface area contributed by atoms with Gasteiger partial charge < -0.3 is 20.4 Å². The van der Waals surface area contributed by atoms with Crippen LogP contribution in [0.15, 0.2) is 0 Å². The first-order chi connectivity index (χ1) is 10.8. The molecule has 2 aliphatic rings. The normalized spacial score (nSPS) is 28.0. The highest BCUT2D eigenvalue weighted by molar-refractivity contribution is 4.85. The van der Waals surface area contributed by atoms with Crippen LogP contribution in [0.25, 0.3) is 0 Å². The van der Waals surface area contributed by atoms with Gasteiger partial charge in [-0.2, -0.15) is 0 Å². The van der Waals surface area contributed by atoms with E-state index in [-0.39, 0.29) is 6.04 Å². The maximum atomic E-state index is 13.4. The van der Waals surface area contributed by atoms with Crippen molar-refractivity contribution in [3.8, 4) is 0 Å². The molecular formula is C18H39FN4. The van der Waals surface area contributed by atoms with E-state index in [1.807, 2.05) is 11.9 Å². The van der Waals surface area contributed by atoms with E-state index in [4.69, 9.17) is 0 Å². The number of alkyl halides is 1. The van der Waals surface area contributed by atoms with Gasteiger partial charge in [-0.05, 0) is 66.8 Å². The largest absolute Gasteiger partial charge is 0.317 e. The first-order valence-corrected chi connectivity index (χ1v) is 9.33. The third kappa shape index (κ3) is 7.92. The Morgan fingerprint density at radius 2 is 1.61 bits per heavy atom. The van der Waals surface area contributed by atoms with Crippen LogP contribution >= 0.6 is 0 Å². The van der Waals surface area contributed by atoms with Crippen molar-refractivity contribution in [2.24, 2.45) is 0 Å². The number of likely N-dealkylation sites (tertiary alicyclic amines) is 2. The van der Waals surface area contributed by atoms with Crippen LogP contribution in [-0.2, 0) is 0 Å². The van der Waals surface area contributed by atoms with E-state index in [1.165, 1.54) is 25.9 Å². The minimum Gasteiger partial charge on any atom is -0.317 e. The van der Waals surface area contributed by atoms with Gasteiger partial charge in [0, 0.05) is 30.7 Å². The molecule has 0 saturated carbocycles. The molecule has 2 N–H and O–H groups in total. The van der Waals surface area contributed by atoms with Gasteiger partial charge in [0.05, 0.1) is 0 Å². The Labute approximate surface area is 143 Å². The van der Waals surface area contributed by atoms with Crippen LogP contribution in [-0.4, -0.2) is 80.4 Å². The molecule has 2 rings (SSSR count). The van der Waals surface area contributed by atoms with Gasteiger partial charge in [-0.1, -0.05) is 13.8 Å². The number of piperidine rings is 2. The molecule has 0 aliphatic carbocycles. The molecule has 0 radical (unpaired) electrons. The molecule has 2 aliphatic heterocycles. The zero-order chi connectivity index (χ0) is 17.4. The quantitative estimate of drug-likeness (QED) is 0.826. The van der Waals surface area contributed by atoms with E-state index in [2.05, 4.69) is 50.3 Å². The molecule has 0 bridgehead atoms. The van der Waals surface area contributed by atoms with Crippen LogP contribution in [0.3, 0.4) is 0 Å². The summed E-state index contributed by atoms with van der Waals surface area (Å²) in [5.41, 5.74) is 0. The zero-order valence-electron chi connectivity index (χ0n) is 16.1. The van der Waals surface area contributed by atoms with Gasteiger partial charge in [-0.25, -0.2) is 4.39 Å². The topological polar surface area (TPSA) is 30.5 Å². The van der Waals surface area contributed by atoms with E-state index in [0.29, 0.717) is 12.6 Å². The molecule has 138 valence electrons. The van der Waals surface area contributed by atoms with Crippen molar-refractivity contribution in [1.29, 1.82) is 0 Å². The van der Waals surface area contributed by atoms with Gasteiger partial charge in [0.2, 0.25) is 0 Å². The molecule has 23 heavy (non-hydrogen) atoms. The Balaban J connectivity index is 0.000000231. The van der Waals surface area contributed by atoms with Gasteiger partial charge in [0.25, 0.3) is 0 Å². The first-order valence-electron chi connectivity index (χ1n) is 9.33. The van der Waals surface area contributed by atoms with E-state index in [1.54, 1.807) is 0 Å².